The minimum absolute atomic E-state index is 0.303. The number of aliphatic hydroxyl groups is 1. The molecule has 2 rings (SSSR count). The first-order valence-corrected chi connectivity index (χ1v) is 6.58. The Balaban J connectivity index is 1.85. The molecular weight excluding hydrogens is 248 g/mol. The van der Waals surface area contributed by atoms with Crippen LogP contribution in [0.1, 0.15) is 18.1 Å². The third-order valence-electron chi connectivity index (χ3n) is 2.95. The maximum Gasteiger partial charge on any atom is 0.148 e. The molecule has 0 bridgehead atoms. The normalized spacial score (nSPS) is 13.1. The summed E-state index contributed by atoms with van der Waals surface area (Å²) < 4.78 is 5.47. The summed E-state index contributed by atoms with van der Waals surface area (Å²) in [6.07, 6.45) is 0. The highest BCUT2D eigenvalue weighted by Gasteiger charge is 2.18. The molecule has 2 aromatic rings. The van der Waals surface area contributed by atoms with E-state index in [1.54, 1.807) is 6.92 Å². The van der Waals surface area contributed by atoms with E-state index >= 15 is 0 Å². The van der Waals surface area contributed by atoms with Crippen molar-refractivity contribution in [2.24, 2.45) is 0 Å². The van der Waals surface area contributed by atoms with Crippen LogP contribution in [0.25, 0.3) is 0 Å². The molecule has 1 atom stereocenters. The Kier molecular flexibility index (Phi) is 4.95. The number of rotatable bonds is 4. The highest BCUT2D eigenvalue weighted by atomic mass is 16.5. The van der Waals surface area contributed by atoms with Crippen molar-refractivity contribution in [3.8, 4) is 11.8 Å². The van der Waals surface area contributed by atoms with E-state index in [2.05, 4.69) is 11.8 Å². The third-order valence-corrected chi connectivity index (χ3v) is 2.95. The smallest absolute Gasteiger partial charge is 0.148 e. The molecule has 2 aromatic carbocycles. The van der Waals surface area contributed by atoms with Crippen LogP contribution in [0.2, 0.25) is 0 Å². The highest BCUT2D eigenvalue weighted by molar-refractivity contribution is 5.30. The summed E-state index contributed by atoms with van der Waals surface area (Å²) in [7, 11) is 0. The number of ether oxygens (including phenoxy) is 1. The molecule has 0 radical (unpaired) electrons. The van der Waals surface area contributed by atoms with Crippen molar-refractivity contribution in [1.29, 1.82) is 0 Å². The fraction of sp³-hybridized carbons (Fsp3) is 0.222. The van der Waals surface area contributed by atoms with E-state index in [0.717, 1.165) is 11.1 Å². The maximum atomic E-state index is 10.3. The van der Waals surface area contributed by atoms with Gasteiger partial charge in [-0.25, -0.2) is 0 Å². The zero-order valence-corrected chi connectivity index (χ0v) is 11.5. The van der Waals surface area contributed by atoms with Gasteiger partial charge in [-0.1, -0.05) is 72.5 Å². The molecule has 0 aliphatic carbocycles. The summed E-state index contributed by atoms with van der Waals surface area (Å²) in [5, 5.41) is 10.3. The van der Waals surface area contributed by atoms with Crippen LogP contribution in [0.4, 0.5) is 0 Å². The van der Waals surface area contributed by atoms with Crippen molar-refractivity contribution in [3.05, 3.63) is 71.8 Å². The predicted molar refractivity (Wildman–Crippen MR) is 79.9 cm³/mol. The van der Waals surface area contributed by atoms with E-state index in [-0.39, 0.29) is 0 Å². The van der Waals surface area contributed by atoms with Gasteiger partial charge in [-0.05, 0) is 18.1 Å². The van der Waals surface area contributed by atoms with E-state index in [0.29, 0.717) is 13.2 Å². The zero-order valence-electron chi connectivity index (χ0n) is 11.5. The van der Waals surface area contributed by atoms with Crippen LogP contribution in [-0.2, 0) is 16.9 Å². The molecule has 0 spiro atoms. The third kappa shape index (κ3) is 4.24. The molecule has 0 aliphatic heterocycles. The average Bonchev–Trinajstić information content (AvgIpc) is 2.49. The molecule has 0 aliphatic rings. The molecule has 1 unspecified atom stereocenters. The standard InChI is InChI=1S/C18H18O2/c1-18(19,17-11-6-3-7-12-17)13-8-14-20-15-16-9-4-2-5-10-16/h2-7,9-12,19H,14-15H2,1H3. The Bertz CT molecular complexity index is 577. The van der Waals surface area contributed by atoms with Gasteiger partial charge in [0.05, 0.1) is 6.61 Å². The molecule has 0 saturated heterocycles. The van der Waals surface area contributed by atoms with Gasteiger partial charge in [-0.15, -0.1) is 0 Å². The van der Waals surface area contributed by atoms with Gasteiger partial charge in [0.15, 0.2) is 0 Å². The van der Waals surface area contributed by atoms with Gasteiger partial charge in [-0.2, -0.15) is 0 Å². The molecule has 0 aromatic heterocycles. The second-order valence-corrected chi connectivity index (χ2v) is 4.72. The van der Waals surface area contributed by atoms with Gasteiger partial charge in [0, 0.05) is 0 Å². The van der Waals surface area contributed by atoms with Gasteiger partial charge in [0.1, 0.15) is 12.2 Å². The summed E-state index contributed by atoms with van der Waals surface area (Å²) in [5.41, 5.74) is 0.761. The van der Waals surface area contributed by atoms with Crippen molar-refractivity contribution in [2.75, 3.05) is 6.61 Å². The van der Waals surface area contributed by atoms with Crippen molar-refractivity contribution in [3.63, 3.8) is 0 Å². The molecule has 102 valence electrons. The summed E-state index contributed by atoms with van der Waals surface area (Å²) in [6.45, 7) is 2.52. The van der Waals surface area contributed by atoms with Crippen LogP contribution in [0.3, 0.4) is 0 Å². The number of hydrogen-bond donors (Lipinski definition) is 1. The lowest BCUT2D eigenvalue weighted by Crippen LogP contribution is -2.18. The Morgan fingerprint density at radius 1 is 1.00 bits per heavy atom. The predicted octanol–water partition coefficient (Wildman–Crippen LogP) is 3.11. The summed E-state index contributed by atoms with van der Waals surface area (Å²) in [4.78, 5) is 0. The molecule has 1 N–H and O–H groups in total. The summed E-state index contributed by atoms with van der Waals surface area (Å²) in [5.74, 6) is 5.71. The lowest BCUT2D eigenvalue weighted by Gasteiger charge is -2.16. The quantitative estimate of drug-likeness (QED) is 0.680. The van der Waals surface area contributed by atoms with Crippen LogP contribution in [0, 0.1) is 11.8 Å². The first-order chi connectivity index (χ1) is 9.68. The van der Waals surface area contributed by atoms with Crippen molar-refractivity contribution >= 4 is 0 Å². The zero-order chi connectivity index (χ0) is 14.3. The van der Waals surface area contributed by atoms with Crippen LogP contribution >= 0.6 is 0 Å². The lowest BCUT2D eigenvalue weighted by atomic mass is 9.97. The molecule has 0 saturated carbocycles. The van der Waals surface area contributed by atoms with Crippen LogP contribution in [0.15, 0.2) is 60.7 Å². The van der Waals surface area contributed by atoms with Crippen molar-refractivity contribution in [1.82, 2.24) is 0 Å². The Morgan fingerprint density at radius 3 is 2.25 bits per heavy atom. The molecule has 20 heavy (non-hydrogen) atoms. The Hall–Kier alpha value is -2.08. The molecule has 2 heteroatoms. The van der Waals surface area contributed by atoms with Gasteiger partial charge in [0.25, 0.3) is 0 Å². The van der Waals surface area contributed by atoms with E-state index < -0.39 is 5.60 Å². The SMILES string of the molecule is CC(O)(C#CCOCc1ccccc1)c1ccccc1. The average molecular weight is 266 g/mol. The molecule has 2 nitrogen and oxygen atoms in total. The van der Waals surface area contributed by atoms with E-state index in [4.69, 9.17) is 4.74 Å². The van der Waals surface area contributed by atoms with Crippen molar-refractivity contribution < 1.29 is 9.84 Å². The molecule has 0 fully saturated rings. The largest absolute Gasteiger partial charge is 0.374 e. The Morgan fingerprint density at radius 2 is 1.60 bits per heavy atom. The van der Waals surface area contributed by atoms with Gasteiger partial charge < -0.3 is 9.84 Å². The van der Waals surface area contributed by atoms with Crippen LogP contribution in [-0.4, -0.2) is 11.7 Å². The maximum absolute atomic E-state index is 10.3. The fourth-order valence-electron chi connectivity index (χ4n) is 1.84. The first kappa shape index (κ1) is 14.3. The number of hydrogen-bond acceptors (Lipinski definition) is 2. The van der Waals surface area contributed by atoms with E-state index in [9.17, 15) is 5.11 Å². The topological polar surface area (TPSA) is 29.5 Å². The second-order valence-electron chi connectivity index (χ2n) is 4.72. The monoisotopic (exact) mass is 266 g/mol. The molecule has 0 amide bonds. The molecule has 0 heterocycles. The fourth-order valence-corrected chi connectivity index (χ4v) is 1.84. The van der Waals surface area contributed by atoms with Crippen LogP contribution in [0.5, 0.6) is 0 Å². The number of benzene rings is 2. The van der Waals surface area contributed by atoms with Gasteiger partial charge in [0.2, 0.25) is 0 Å². The second kappa shape index (κ2) is 6.91. The van der Waals surface area contributed by atoms with Crippen LogP contribution < -0.4 is 0 Å². The summed E-state index contributed by atoms with van der Waals surface area (Å²) in [6, 6.07) is 19.3. The Labute approximate surface area is 120 Å². The van der Waals surface area contributed by atoms with Crippen molar-refractivity contribution in [2.45, 2.75) is 19.1 Å². The highest BCUT2D eigenvalue weighted by Crippen LogP contribution is 2.18. The van der Waals surface area contributed by atoms with E-state index in [1.165, 1.54) is 0 Å². The first-order valence-electron chi connectivity index (χ1n) is 6.58. The molecular formula is C18H18O2. The van der Waals surface area contributed by atoms with E-state index in [1.807, 2.05) is 60.7 Å². The van der Waals surface area contributed by atoms with Gasteiger partial charge >= 0.3 is 0 Å². The summed E-state index contributed by atoms with van der Waals surface area (Å²) >= 11 is 0. The van der Waals surface area contributed by atoms with Gasteiger partial charge in [-0.3, -0.25) is 0 Å². The minimum atomic E-state index is -1.14. The lowest BCUT2D eigenvalue weighted by molar-refractivity contribution is 0.120. The minimum Gasteiger partial charge on any atom is -0.374 e.